The summed E-state index contributed by atoms with van der Waals surface area (Å²) in [5.74, 6) is 2.40. The number of guanidine groups is 1. The van der Waals surface area contributed by atoms with Gasteiger partial charge in [0.2, 0.25) is 0 Å². The van der Waals surface area contributed by atoms with Crippen LogP contribution in [0.25, 0.3) is 0 Å². The predicted molar refractivity (Wildman–Crippen MR) is 91.1 cm³/mol. The minimum atomic E-state index is 0. The first-order valence-corrected chi connectivity index (χ1v) is 6.76. The molecule has 0 saturated heterocycles. The Morgan fingerprint density at radius 2 is 2.20 bits per heavy atom. The summed E-state index contributed by atoms with van der Waals surface area (Å²) in [6, 6.07) is 0. The third-order valence-electron chi connectivity index (χ3n) is 3.15. The van der Waals surface area contributed by atoms with E-state index >= 15 is 0 Å². The zero-order valence-corrected chi connectivity index (χ0v) is 14.3. The van der Waals surface area contributed by atoms with E-state index in [0.717, 1.165) is 30.2 Å². The van der Waals surface area contributed by atoms with E-state index in [4.69, 9.17) is 5.73 Å². The van der Waals surface area contributed by atoms with Crippen LogP contribution in [-0.4, -0.2) is 27.3 Å². The second-order valence-corrected chi connectivity index (χ2v) is 5.01. The highest BCUT2D eigenvalue weighted by molar-refractivity contribution is 14.0. The maximum atomic E-state index is 5.79. The molecule has 2 rings (SSSR count). The van der Waals surface area contributed by atoms with Crippen molar-refractivity contribution in [2.24, 2.45) is 10.7 Å². The van der Waals surface area contributed by atoms with Gasteiger partial charge >= 0.3 is 0 Å². The number of nitrogens with two attached hydrogens (primary N) is 1. The molecule has 2 heterocycles. The van der Waals surface area contributed by atoms with Crippen LogP contribution < -0.4 is 11.1 Å². The summed E-state index contributed by atoms with van der Waals surface area (Å²) < 4.78 is 2.18. The van der Waals surface area contributed by atoms with Crippen molar-refractivity contribution in [2.75, 3.05) is 6.54 Å². The van der Waals surface area contributed by atoms with Gasteiger partial charge in [-0.05, 0) is 19.8 Å². The van der Waals surface area contributed by atoms with Crippen molar-refractivity contribution in [1.82, 2.24) is 20.1 Å². The first-order valence-electron chi connectivity index (χ1n) is 6.76. The maximum Gasteiger partial charge on any atom is 0.189 e. The van der Waals surface area contributed by atoms with E-state index in [1.54, 1.807) is 0 Å². The number of hydrogen-bond acceptors (Lipinski definition) is 3. The molecule has 0 aliphatic carbocycles. The van der Waals surface area contributed by atoms with E-state index in [-0.39, 0.29) is 24.0 Å². The number of rotatable bonds is 4. The normalized spacial score (nSPS) is 14.9. The fourth-order valence-electron chi connectivity index (χ4n) is 2.12. The highest BCUT2D eigenvalue weighted by Crippen LogP contribution is 2.14. The van der Waals surface area contributed by atoms with Gasteiger partial charge in [-0.25, -0.2) is 4.99 Å². The number of aryl methyl sites for hydroxylation is 1. The van der Waals surface area contributed by atoms with Crippen molar-refractivity contribution in [3.05, 3.63) is 23.8 Å². The molecule has 0 amide bonds. The number of nitrogens with zero attached hydrogens (tertiary/aromatic N) is 4. The van der Waals surface area contributed by atoms with Gasteiger partial charge in [0, 0.05) is 19.5 Å². The second kappa shape index (κ2) is 8.23. The molecule has 0 spiro atoms. The SMILES string of the molecule is C=C(C)CNC(N)=NCc1nnc2n1CCCCC2.I. The van der Waals surface area contributed by atoms with E-state index in [1.165, 1.54) is 19.3 Å². The lowest BCUT2D eigenvalue weighted by Crippen LogP contribution is -2.32. The molecular formula is C13H23IN6. The van der Waals surface area contributed by atoms with Crippen molar-refractivity contribution in [3.63, 3.8) is 0 Å². The molecule has 1 aliphatic heterocycles. The number of halogens is 1. The number of nitrogens with one attached hydrogen (secondary N) is 1. The Labute approximate surface area is 137 Å². The van der Waals surface area contributed by atoms with Crippen LogP contribution in [0.5, 0.6) is 0 Å². The number of aromatic nitrogens is 3. The van der Waals surface area contributed by atoms with Gasteiger partial charge < -0.3 is 15.6 Å². The van der Waals surface area contributed by atoms with Crippen LogP contribution in [0.4, 0.5) is 0 Å². The topological polar surface area (TPSA) is 81.1 Å². The molecule has 20 heavy (non-hydrogen) atoms. The zero-order chi connectivity index (χ0) is 13.7. The molecule has 7 heteroatoms. The third-order valence-corrected chi connectivity index (χ3v) is 3.15. The van der Waals surface area contributed by atoms with Gasteiger partial charge in [-0.1, -0.05) is 18.6 Å². The molecule has 0 saturated carbocycles. The molecule has 1 aliphatic rings. The molecular weight excluding hydrogens is 367 g/mol. The molecule has 0 bridgehead atoms. The predicted octanol–water partition coefficient (Wildman–Crippen LogP) is 1.60. The summed E-state index contributed by atoms with van der Waals surface area (Å²) in [4.78, 5) is 4.30. The van der Waals surface area contributed by atoms with E-state index in [9.17, 15) is 0 Å². The molecule has 3 N–H and O–H groups in total. The smallest absolute Gasteiger partial charge is 0.189 e. The van der Waals surface area contributed by atoms with E-state index in [1.807, 2.05) is 6.92 Å². The summed E-state index contributed by atoms with van der Waals surface area (Å²) in [6.45, 7) is 7.86. The average molecular weight is 390 g/mol. The summed E-state index contributed by atoms with van der Waals surface area (Å²) >= 11 is 0. The summed E-state index contributed by atoms with van der Waals surface area (Å²) in [5.41, 5.74) is 6.81. The molecule has 0 fully saturated rings. The second-order valence-electron chi connectivity index (χ2n) is 5.01. The van der Waals surface area contributed by atoms with Crippen molar-refractivity contribution >= 4 is 29.9 Å². The Morgan fingerprint density at radius 3 is 2.95 bits per heavy atom. The van der Waals surface area contributed by atoms with Crippen LogP contribution in [0.3, 0.4) is 0 Å². The zero-order valence-electron chi connectivity index (χ0n) is 11.9. The lowest BCUT2D eigenvalue weighted by molar-refractivity contribution is 0.606. The van der Waals surface area contributed by atoms with Crippen molar-refractivity contribution in [2.45, 2.75) is 45.7 Å². The summed E-state index contributed by atoms with van der Waals surface area (Å²) in [5, 5.41) is 11.5. The van der Waals surface area contributed by atoms with Gasteiger partial charge in [-0.2, -0.15) is 0 Å². The molecule has 0 radical (unpaired) electrons. The van der Waals surface area contributed by atoms with E-state index in [2.05, 4.69) is 31.7 Å². The minimum absolute atomic E-state index is 0. The Balaban J connectivity index is 0.00000200. The maximum absolute atomic E-state index is 5.79. The van der Waals surface area contributed by atoms with Gasteiger partial charge in [0.25, 0.3) is 0 Å². The molecule has 6 nitrogen and oxygen atoms in total. The first-order chi connectivity index (χ1) is 9.16. The number of hydrogen-bond donors (Lipinski definition) is 2. The van der Waals surface area contributed by atoms with Gasteiger partial charge in [-0.15, -0.1) is 34.2 Å². The molecule has 112 valence electrons. The average Bonchev–Trinajstić information content (AvgIpc) is 2.61. The molecule has 0 unspecified atom stereocenters. The van der Waals surface area contributed by atoms with E-state index < -0.39 is 0 Å². The van der Waals surface area contributed by atoms with Crippen molar-refractivity contribution in [1.29, 1.82) is 0 Å². The quantitative estimate of drug-likeness (QED) is 0.354. The van der Waals surface area contributed by atoms with Crippen molar-refractivity contribution in [3.8, 4) is 0 Å². The lowest BCUT2D eigenvalue weighted by atomic mass is 10.2. The van der Waals surface area contributed by atoms with Gasteiger partial charge in [0.1, 0.15) is 12.4 Å². The number of fused-ring (bicyclic) bond motifs is 1. The van der Waals surface area contributed by atoms with Crippen LogP contribution >= 0.6 is 24.0 Å². The minimum Gasteiger partial charge on any atom is -0.370 e. The first kappa shape index (κ1) is 16.9. The lowest BCUT2D eigenvalue weighted by Gasteiger charge is -2.06. The summed E-state index contributed by atoms with van der Waals surface area (Å²) in [6.07, 6.45) is 4.66. The molecule has 0 aromatic carbocycles. The fourth-order valence-corrected chi connectivity index (χ4v) is 2.12. The van der Waals surface area contributed by atoms with Crippen LogP contribution in [0.1, 0.15) is 37.8 Å². The molecule has 1 aromatic heterocycles. The highest BCUT2D eigenvalue weighted by atomic mass is 127. The summed E-state index contributed by atoms with van der Waals surface area (Å²) in [7, 11) is 0. The Kier molecular flexibility index (Phi) is 6.97. The molecule has 0 atom stereocenters. The van der Waals surface area contributed by atoms with E-state index in [0.29, 0.717) is 19.0 Å². The van der Waals surface area contributed by atoms with Gasteiger partial charge in [0.15, 0.2) is 11.8 Å². The Hall–Kier alpha value is -1.12. The van der Waals surface area contributed by atoms with Crippen LogP contribution in [0.15, 0.2) is 17.1 Å². The third kappa shape index (κ3) is 4.77. The monoisotopic (exact) mass is 390 g/mol. The number of aliphatic imine (C=N–C) groups is 1. The highest BCUT2D eigenvalue weighted by Gasteiger charge is 2.13. The van der Waals surface area contributed by atoms with Crippen molar-refractivity contribution < 1.29 is 0 Å². The van der Waals surface area contributed by atoms with Crippen LogP contribution in [-0.2, 0) is 19.5 Å². The Bertz CT molecular complexity index is 479. The Morgan fingerprint density at radius 1 is 1.40 bits per heavy atom. The largest absolute Gasteiger partial charge is 0.370 e. The van der Waals surface area contributed by atoms with Gasteiger partial charge in [0.05, 0.1) is 0 Å². The van der Waals surface area contributed by atoms with Gasteiger partial charge in [-0.3, -0.25) is 0 Å². The standard InChI is InChI=1S/C13H22N6.HI/c1-10(2)8-15-13(14)16-9-12-18-17-11-6-4-3-5-7-19(11)12;/h1,3-9H2,2H3,(H3,14,15,16);1H. The molecule has 1 aromatic rings. The van der Waals surface area contributed by atoms with Crippen LogP contribution in [0, 0.1) is 0 Å². The van der Waals surface area contributed by atoms with Crippen LogP contribution in [0.2, 0.25) is 0 Å². The fraction of sp³-hybridized carbons (Fsp3) is 0.615.